The number of halogens is 2. The van der Waals surface area contributed by atoms with Crippen molar-refractivity contribution < 1.29 is 42.8 Å². The average Bonchev–Trinajstić information content (AvgIpc) is 3.29. The lowest BCUT2D eigenvalue weighted by molar-refractivity contribution is -0.155. The zero-order valence-corrected chi connectivity index (χ0v) is 25.0. The lowest BCUT2D eigenvalue weighted by Gasteiger charge is -2.18. The van der Waals surface area contributed by atoms with Crippen LogP contribution in [0.4, 0.5) is 19.7 Å². The molecule has 44 heavy (non-hydrogen) atoms. The standard InChI is InChI=1S/C31H42FN3O8.FH/c1-2-3-4-12-19-41-31(40)34-25-17-18-35(30(39)33-25)29-27(32)28(24(21-36)42-29)43-26(38)16-11-6-5-10-15-23(37)20-22-13-8-7-9-14-22;/h7-9,13-14,17-18,24,27-29,36H,2-6,10-12,15-16,19-21H2,1H3,(H,33,34,39,40);1H/t24-,27?,28-,29-;/m1./s1. The third-order valence-electron chi connectivity index (χ3n) is 7.11. The Morgan fingerprint density at radius 3 is 2.41 bits per heavy atom. The number of benzene rings is 1. The molecule has 1 aliphatic rings. The predicted octanol–water partition coefficient (Wildman–Crippen LogP) is 4.82. The number of nitrogens with one attached hydrogen (secondary N) is 1. The fourth-order valence-electron chi connectivity index (χ4n) is 4.78. The van der Waals surface area contributed by atoms with Crippen molar-refractivity contribution in [3.05, 3.63) is 58.6 Å². The third kappa shape index (κ3) is 11.8. The van der Waals surface area contributed by atoms with Crippen molar-refractivity contribution in [3.63, 3.8) is 0 Å². The monoisotopic (exact) mass is 623 g/mol. The van der Waals surface area contributed by atoms with Crippen molar-refractivity contribution in [2.75, 3.05) is 18.5 Å². The minimum atomic E-state index is -1.94. The third-order valence-corrected chi connectivity index (χ3v) is 7.11. The van der Waals surface area contributed by atoms with Gasteiger partial charge in [0, 0.05) is 25.5 Å². The number of alkyl halides is 1. The number of carbonyl (C=O) groups excluding carboxylic acids is 3. The summed E-state index contributed by atoms with van der Waals surface area (Å²) in [6.45, 7) is 1.68. The summed E-state index contributed by atoms with van der Waals surface area (Å²) in [6, 6.07) is 10.8. The molecule has 1 saturated heterocycles. The molecule has 1 aliphatic heterocycles. The second-order valence-corrected chi connectivity index (χ2v) is 10.6. The fraction of sp³-hybridized carbons (Fsp3) is 0.581. The van der Waals surface area contributed by atoms with Gasteiger partial charge in [-0.1, -0.05) is 69.4 Å². The Labute approximate surface area is 255 Å². The normalized spacial score (nSPS) is 19.2. The van der Waals surface area contributed by atoms with E-state index in [1.165, 1.54) is 12.3 Å². The summed E-state index contributed by atoms with van der Waals surface area (Å²) in [7, 11) is 0. The maximum atomic E-state index is 15.4. The molecule has 4 atom stereocenters. The van der Waals surface area contributed by atoms with Crippen LogP contribution in [0.1, 0.15) is 82.9 Å². The number of nitrogens with zero attached hydrogens (tertiary/aromatic N) is 2. The van der Waals surface area contributed by atoms with Gasteiger partial charge in [-0.25, -0.2) is 14.0 Å². The second-order valence-electron chi connectivity index (χ2n) is 10.6. The number of amides is 1. The molecule has 3 rings (SSSR count). The minimum absolute atomic E-state index is 0. The lowest BCUT2D eigenvalue weighted by atomic mass is 10.0. The molecule has 1 amide bonds. The molecular formula is C31H43F2N3O8. The Kier molecular flexibility index (Phi) is 16.2. The first-order valence-corrected chi connectivity index (χ1v) is 15.0. The molecule has 2 N–H and O–H groups in total. The number of anilines is 1. The summed E-state index contributed by atoms with van der Waals surface area (Å²) in [5.74, 6) is -0.550. The maximum Gasteiger partial charge on any atom is 0.412 e. The first-order chi connectivity index (χ1) is 20.8. The Hall–Kier alpha value is -3.71. The van der Waals surface area contributed by atoms with Crippen LogP contribution in [0, 0.1) is 0 Å². The minimum Gasteiger partial charge on any atom is -0.456 e. The number of Topliss-reactive ketones (excluding diaryl/α,β-unsaturated/α-hetero) is 1. The highest BCUT2D eigenvalue weighted by molar-refractivity contribution is 5.83. The number of carbonyl (C=O) groups is 3. The number of hydrogen-bond donors (Lipinski definition) is 2. The van der Waals surface area contributed by atoms with Crippen LogP contribution in [0.2, 0.25) is 0 Å². The maximum absolute atomic E-state index is 15.4. The van der Waals surface area contributed by atoms with E-state index < -0.39 is 49.0 Å². The molecule has 1 aromatic carbocycles. The smallest absolute Gasteiger partial charge is 0.412 e. The van der Waals surface area contributed by atoms with Gasteiger partial charge in [0.2, 0.25) is 0 Å². The van der Waals surface area contributed by atoms with Gasteiger partial charge < -0.3 is 19.3 Å². The van der Waals surface area contributed by atoms with Crippen LogP contribution in [-0.2, 0) is 30.2 Å². The summed E-state index contributed by atoms with van der Waals surface area (Å²) < 4.78 is 32.1. The van der Waals surface area contributed by atoms with Gasteiger partial charge in [0.1, 0.15) is 17.7 Å². The van der Waals surface area contributed by atoms with E-state index in [0.717, 1.165) is 48.7 Å². The molecular weight excluding hydrogens is 580 g/mol. The summed E-state index contributed by atoms with van der Waals surface area (Å²) in [6.07, 6.45) is 1.80. The number of ether oxygens (including phenoxy) is 3. The molecule has 244 valence electrons. The van der Waals surface area contributed by atoms with Crippen LogP contribution in [0.5, 0.6) is 0 Å². The molecule has 1 aromatic heterocycles. The highest BCUT2D eigenvalue weighted by Crippen LogP contribution is 2.33. The van der Waals surface area contributed by atoms with E-state index >= 15 is 4.39 Å². The molecule has 0 spiro atoms. The van der Waals surface area contributed by atoms with Crippen LogP contribution >= 0.6 is 0 Å². The van der Waals surface area contributed by atoms with Crippen LogP contribution in [-0.4, -0.2) is 64.1 Å². The van der Waals surface area contributed by atoms with Crippen molar-refractivity contribution in [1.82, 2.24) is 9.55 Å². The van der Waals surface area contributed by atoms with E-state index in [0.29, 0.717) is 25.7 Å². The topological polar surface area (TPSA) is 146 Å². The van der Waals surface area contributed by atoms with Crippen molar-refractivity contribution >= 4 is 23.7 Å². The van der Waals surface area contributed by atoms with Crippen LogP contribution in [0.25, 0.3) is 0 Å². The average molecular weight is 624 g/mol. The van der Waals surface area contributed by atoms with Gasteiger partial charge in [0.15, 0.2) is 18.5 Å². The Bertz CT molecular complexity index is 1230. The van der Waals surface area contributed by atoms with Gasteiger partial charge in [-0.15, -0.1) is 0 Å². The number of esters is 1. The highest BCUT2D eigenvalue weighted by Gasteiger charge is 2.48. The van der Waals surface area contributed by atoms with Gasteiger partial charge in [-0.05, 0) is 30.9 Å². The second kappa shape index (κ2) is 19.5. The molecule has 0 radical (unpaired) electrons. The fourth-order valence-corrected chi connectivity index (χ4v) is 4.78. The zero-order chi connectivity index (χ0) is 31.0. The number of ketones is 1. The van der Waals surface area contributed by atoms with Crippen molar-refractivity contribution in [2.45, 2.75) is 102 Å². The van der Waals surface area contributed by atoms with Crippen molar-refractivity contribution in [3.8, 4) is 0 Å². The molecule has 0 saturated carbocycles. The van der Waals surface area contributed by atoms with Gasteiger partial charge in [-0.2, -0.15) is 4.98 Å². The molecule has 0 aliphatic carbocycles. The van der Waals surface area contributed by atoms with Gasteiger partial charge in [-0.3, -0.25) is 24.2 Å². The van der Waals surface area contributed by atoms with E-state index in [4.69, 9.17) is 14.2 Å². The summed E-state index contributed by atoms with van der Waals surface area (Å²) >= 11 is 0. The molecule has 2 heterocycles. The summed E-state index contributed by atoms with van der Waals surface area (Å²) in [4.78, 5) is 52.8. The molecule has 13 heteroatoms. The zero-order valence-electron chi connectivity index (χ0n) is 25.0. The van der Waals surface area contributed by atoms with Gasteiger partial charge in [0.25, 0.3) is 0 Å². The molecule has 11 nitrogen and oxygen atoms in total. The number of aromatic nitrogens is 2. The Morgan fingerprint density at radius 2 is 1.73 bits per heavy atom. The quantitative estimate of drug-likeness (QED) is 0.176. The van der Waals surface area contributed by atoms with E-state index in [2.05, 4.69) is 17.2 Å². The number of unbranched alkanes of at least 4 members (excludes halogenated alkanes) is 6. The van der Waals surface area contributed by atoms with Gasteiger partial charge in [0.05, 0.1) is 13.2 Å². The van der Waals surface area contributed by atoms with Gasteiger partial charge >= 0.3 is 17.8 Å². The molecule has 1 fully saturated rings. The van der Waals surface area contributed by atoms with Crippen LogP contribution < -0.4 is 11.0 Å². The lowest BCUT2D eigenvalue weighted by Crippen LogP contribution is -2.37. The Morgan fingerprint density at radius 1 is 1.02 bits per heavy atom. The summed E-state index contributed by atoms with van der Waals surface area (Å²) in [5, 5.41) is 12.1. The molecule has 0 bridgehead atoms. The highest BCUT2D eigenvalue weighted by atomic mass is 19.1. The first kappa shape index (κ1) is 36.5. The number of rotatable bonds is 18. The molecule has 1 unspecified atom stereocenters. The SMILES string of the molecule is CCCCCCOC(=O)Nc1ccn([C@@H]2O[C@H](CO)[C@@H](OC(=O)CCCCCCC(=O)Cc3ccccc3)C2F)c(=O)n1.F. The van der Waals surface area contributed by atoms with Crippen LogP contribution in [0.15, 0.2) is 47.4 Å². The molecule has 2 aromatic rings. The number of aliphatic hydroxyl groups excluding tert-OH is 1. The number of hydrogen-bond acceptors (Lipinski definition) is 9. The summed E-state index contributed by atoms with van der Waals surface area (Å²) in [5.41, 5.74) is 0.0839. The van der Waals surface area contributed by atoms with Crippen LogP contribution in [0.3, 0.4) is 0 Å². The number of aliphatic hydroxyl groups is 1. The predicted molar refractivity (Wildman–Crippen MR) is 159 cm³/mol. The van der Waals surface area contributed by atoms with Crippen molar-refractivity contribution in [1.29, 1.82) is 0 Å². The van der Waals surface area contributed by atoms with E-state index in [1.807, 2.05) is 30.3 Å². The van der Waals surface area contributed by atoms with Crippen molar-refractivity contribution in [2.24, 2.45) is 0 Å². The first-order valence-electron chi connectivity index (χ1n) is 15.0. The Balaban J connectivity index is 0.00000675. The van der Waals surface area contributed by atoms with E-state index in [1.54, 1.807) is 0 Å². The largest absolute Gasteiger partial charge is 0.456 e. The van der Waals surface area contributed by atoms with E-state index in [9.17, 15) is 24.3 Å². The van der Waals surface area contributed by atoms with E-state index in [-0.39, 0.29) is 29.3 Å².